The molecule has 0 bridgehead atoms. The summed E-state index contributed by atoms with van der Waals surface area (Å²) in [6.45, 7) is 4.56. The van der Waals surface area contributed by atoms with Crippen molar-refractivity contribution in [2.75, 3.05) is 19.6 Å². The van der Waals surface area contributed by atoms with E-state index in [0.717, 1.165) is 25.7 Å². The summed E-state index contributed by atoms with van der Waals surface area (Å²) in [7, 11) is 0. The Morgan fingerprint density at radius 3 is 2.43 bits per heavy atom. The normalized spacial score (nSPS) is 11.8. The molecular weight excluding hydrogens is 270 g/mol. The van der Waals surface area contributed by atoms with Crippen LogP contribution >= 0.6 is 0 Å². The molecule has 0 aromatic carbocycles. The van der Waals surface area contributed by atoms with E-state index in [9.17, 15) is 9.59 Å². The molecule has 0 radical (unpaired) electrons. The Kier molecular flexibility index (Phi) is 10.2. The zero-order valence-electron chi connectivity index (χ0n) is 13.2. The Morgan fingerprint density at radius 1 is 1.24 bits per heavy atom. The SMILES string of the molecule is CCCC(=O)CN(C[C@@H](N)CCCCN=C(N)N)C(C)=O. The zero-order valence-corrected chi connectivity index (χ0v) is 13.2. The molecule has 0 unspecified atom stereocenters. The van der Waals surface area contributed by atoms with Crippen LogP contribution in [0.1, 0.15) is 46.0 Å². The van der Waals surface area contributed by atoms with Crippen molar-refractivity contribution >= 4 is 17.6 Å². The smallest absolute Gasteiger partial charge is 0.219 e. The van der Waals surface area contributed by atoms with Crippen LogP contribution in [0.3, 0.4) is 0 Å². The van der Waals surface area contributed by atoms with Crippen LogP contribution in [0.4, 0.5) is 0 Å². The van der Waals surface area contributed by atoms with E-state index in [1.807, 2.05) is 6.92 Å². The van der Waals surface area contributed by atoms with Gasteiger partial charge in [0.25, 0.3) is 0 Å². The number of hydrogen-bond donors (Lipinski definition) is 3. The highest BCUT2D eigenvalue weighted by Gasteiger charge is 2.16. The topological polar surface area (TPSA) is 128 Å². The van der Waals surface area contributed by atoms with Crippen LogP contribution in [0.5, 0.6) is 0 Å². The molecule has 0 saturated carbocycles. The summed E-state index contributed by atoms with van der Waals surface area (Å²) in [5, 5.41) is 0. The van der Waals surface area contributed by atoms with Crippen LogP contribution in [0, 0.1) is 0 Å². The van der Waals surface area contributed by atoms with Gasteiger partial charge in [0, 0.05) is 32.5 Å². The van der Waals surface area contributed by atoms with Gasteiger partial charge in [-0.15, -0.1) is 0 Å². The van der Waals surface area contributed by atoms with E-state index in [2.05, 4.69) is 4.99 Å². The van der Waals surface area contributed by atoms with Crippen molar-refractivity contribution in [2.45, 2.75) is 52.0 Å². The van der Waals surface area contributed by atoms with Crippen LogP contribution in [0.25, 0.3) is 0 Å². The van der Waals surface area contributed by atoms with E-state index >= 15 is 0 Å². The Labute approximate surface area is 126 Å². The maximum Gasteiger partial charge on any atom is 0.219 e. The molecule has 0 aromatic rings. The Morgan fingerprint density at radius 2 is 1.90 bits per heavy atom. The minimum absolute atomic E-state index is 0.0765. The van der Waals surface area contributed by atoms with Crippen LogP contribution in [0.15, 0.2) is 4.99 Å². The second kappa shape index (κ2) is 11.1. The van der Waals surface area contributed by atoms with Gasteiger partial charge in [-0.3, -0.25) is 14.6 Å². The van der Waals surface area contributed by atoms with Crippen molar-refractivity contribution in [3.8, 4) is 0 Å². The first-order chi connectivity index (χ1) is 9.86. The van der Waals surface area contributed by atoms with E-state index in [1.165, 1.54) is 11.8 Å². The summed E-state index contributed by atoms with van der Waals surface area (Å²) in [4.78, 5) is 28.6. The number of carbonyl (C=O) groups excluding carboxylic acids is 2. The first-order valence-corrected chi connectivity index (χ1v) is 7.45. The van der Waals surface area contributed by atoms with Gasteiger partial charge in [0.1, 0.15) is 0 Å². The number of amides is 1. The number of unbranched alkanes of at least 4 members (excludes halogenated alkanes) is 1. The van der Waals surface area contributed by atoms with Gasteiger partial charge in [0.15, 0.2) is 11.7 Å². The van der Waals surface area contributed by atoms with Crippen LogP contribution in [-0.2, 0) is 9.59 Å². The summed E-state index contributed by atoms with van der Waals surface area (Å²) in [6, 6.07) is -0.137. The summed E-state index contributed by atoms with van der Waals surface area (Å²) in [6.07, 6.45) is 3.79. The molecule has 0 aliphatic carbocycles. The first-order valence-electron chi connectivity index (χ1n) is 7.45. The fourth-order valence-electron chi connectivity index (χ4n) is 1.98. The molecule has 0 aliphatic rings. The molecule has 0 saturated heterocycles. The Bertz CT molecular complexity index is 353. The fraction of sp³-hybridized carbons (Fsp3) is 0.786. The maximum atomic E-state index is 11.6. The molecule has 0 fully saturated rings. The number of ketones is 1. The molecule has 6 N–H and O–H groups in total. The molecule has 0 heterocycles. The standard InChI is InChI=1S/C14H29N5O2/c1-3-6-13(21)10-19(11(2)20)9-12(15)7-4-5-8-18-14(16)17/h12H,3-10,15H2,1-2H3,(H4,16,17,18)/t12-/m0/s1. The number of guanidine groups is 1. The Balaban J connectivity index is 4.06. The minimum atomic E-state index is -0.137. The first kappa shape index (κ1) is 19.4. The van der Waals surface area contributed by atoms with Crippen molar-refractivity contribution in [3.05, 3.63) is 0 Å². The minimum Gasteiger partial charge on any atom is -0.370 e. The second-order valence-corrected chi connectivity index (χ2v) is 5.25. The van der Waals surface area contributed by atoms with Crippen LogP contribution in [-0.4, -0.2) is 48.2 Å². The molecular formula is C14H29N5O2. The highest BCUT2D eigenvalue weighted by Crippen LogP contribution is 2.03. The van der Waals surface area contributed by atoms with Gasteiger partial charge in [-0.2, -0.15) is 0 Å². The lowest BCUT2D eigenvalue weighted by molar-refractivity contribution is -0.133. The highest BCUT2D eigenvalue weighted by molar-refractivity contribution is 5.85. The predicted octanol–water partition coefficient (Wildman–Crippen LogP) is -0.0249. The lowest BCUT2D eigenvalue weighted by Gasteiger charge is -2.24. The zero-order chi connectivity index (χ0) is 16.3. The van der Waals surface area contributed by atoms with E-state index in [-0.39, 0.29) is 30.2 Å². The monoisotopic (exact) mass is 299 g/mol. The van der Waals surface area contributed by atoms with Crippen molar-refractivity contribution in [1.29, 1.82) is 0 Å². The van der Waals surface area contributed by atoms with Crippen molar-refractivity contribution in [1.82, 2.24) is 4.90 Å². The molecule has 7 heteroatoms. The number of Topliss-reactive ketones (excluding diaryl/α,β-unsaturated/α-hetero) is 1. The maximum absolute atomic E-state index is 11.6. The number of hydrogen-bond acceptors (Lipinski definition) is 4. The van der Waals surface area contributed by atoms with Crippen LogP contribution in [0.2, 0.25) is 0 Å². The van der Waals surface area contributed by atoms with E-state index in [4.69, 9.17) is 17.2 Å². The van der Waals surface area contributed by atoms with E-state index < -0.39 is 0 Å². The molecule has 0 aliphatic heterocycles. The molecule has 1 atom stereocenters. The largest absolute Gasteiger partial charge is 0.370 e. The summed E-state index contributed by atoms with van der Waals surface area (Å²) in [5.41, 5.74) is 16.5. The average Bonchev–Trinajstić information content (AvgIpc) is 2.37. The number of carbonyl (C=O) groups is 2. The average molecular weight is 299 g/mol. The van der Waals surface area contributed by atoms with Gasteiger partial charge >= 0.3 is 0 Å². The fourth-order valence-corrected chi connectivity index (χ4v) is 1.98. The number of rotatable bonds is 11. The Hall–Kier alpha value is -1.63. The molecule has 122 valence electrons. The third kappa shape index (κ3) is 10.8. The molecule has 21 heavy (non-hydrogen) atoms. The summed E-state index contributed by atoms with van der Waals surface area (Å²) >= 11 is 0. The second-order valence-electron chi connectivity index (χ2n) is 5.25. The number of aliphatic imine (C=N–C) groups is 1. The van der Waals surface area contributed by atoms with Crippen molar-refractivity contribution in [3.63, 3.8) is 0 Å². The highest BCUT2D eigenvalue weighted by atomic mass is 16.2. The lowest BCUT2D eigenvalue weighted by atomic mass is 10.1. The number of nitrogens with zero attached hydrogens (tertiary/aromatic N) is 2. The van der Waals surface area contributed by atoms with Gasteiger partial charge < -0.3 is 22.1 Å². The molecule has 0 spiro atoms. The van der Waals surface area contributed by atoms with Crippen molar-refractivity contribution in [2.24, 2.45) is 22.2 Å². The van der Waals surface area contributed by atoms with E-state index in [1.54, 1.807) is 0 Å². The molecule has 0 aromatic heterocycles. The molecule has 1 amide bonds. The van der Waals surface area contributed by atoms with Crippen LogP contribution < -0.4 is 17.2 Å². The van der Waals surface area contributed by atoms with Gasteiger partial charge in [-0.05, 0) is 19.3 Å². The lowest BCUT2D eigenvalue weighted by Crippen LogP contribution is -2.42. The van der Waals surface area contributed by atoms with Gasteiger partial charge in [0.05, 0.1) is 6.54 Å². The molecule has 7 nitrogen and oxygen atoms in total. The summed E-state index contributed by atoms with van der Waals surface area (Å²) < 4.78 is 0. The predicted molar refractivity (Wildman–Crippen MR) is 84.7 cm³/mol. The van der Waals surface area contributed by atoms with Gasteiger partial charge in [-0.25, -0.2) is 0 Å². The third-order valence-corrected chi connectivity index (χ3v) is 3.07. The van der Waals surface area contributed by atoms with E-state index in [0.29, 0.717) is 19.5 Å². The quantitative estimate of drug-likeness (QED) is 0.280. The third-order valence-electron chi connectivity index (χ3n) is 3.07. The van der Waals surface area contributed by atoms with Gasteiger partial charge in [0.2, 0.25) is 5.91 Å². The van der Waals surface area contributed by atoms with Crippen molar-refractivity contribution < 1.29 is 9.59 Å². The number of nitrogens with two attached hydrogens (primary N) is 3. The van der Waals surface area contributed by atoms with Gasteiger partial charge in [-0.1, -0.05) is 13.3 Å². The summed E-state index contributed by atoms with van der Waals surface area (Å²) in [5.74, 6) is 0.0551. The molecule has 0 rings (SSSR count).